The van der Waals surface area contributed by atoms with Gasteiger partial charge in [-0.3, -0.25) is 9.59 Å². The fourth-order valence-electron chi connectivity index (χ4n) is 3.87. The van der Waals surface area contributed by atoms with Crippen molar-refractivity contribution in [3.63, 3.8) is 0 Å². The van der Waals surface area contributed by atoms with Gasteiger partial charge >= 0.3 is 0 Å². The van der Waals surface area contributed by atoms with Gasteiger partial charge in [0.05, 0.1) is 11.3 Å². The summed E-state index contributed by atoms with van der Waals surface area (Å²) in [5, 5.41) is 0.905. The van der Waals surface area contributed by atoms with Gasteiger partial charge in [0.2, 0.25) is 20.6 Å². The standard InChI is InChI=1S/C19H15Cl2NO4S/c20-14-5-7-15(8-6-14)27(25,26)19-10-17(23)22(19)11-13(18(19)24)9-12-3-1-2-4-16(12)21/h1-8,13H,9-11H2. The van der Waals surface area contributed by atoms with Crippen LogP contribution in [-0.4, -0.2) is 36.4 Å². The molecule has 2 aliphatic heterocycles. The number of nitrogens with zero attached hydrogens (tertiary/aromatic N) is 1. The van der Waals surface area contributed by atoms with E-state index in [1.807, 2.05) is 0 Å². The largest absolute Gasteiger partial charge is 0.315 e. The van der Waals surface area contributed by atoms with E-state index >= 15 is 0 Å². The zero-order chi connectivity index (χ0) is 19.4. The molecule has 2 saturated heterocycles. The molecule has 0 aromatic heterocycles. The number of ketones is 1. The van der Waals surface area contributed by atoms with E-state index < -0.39 is 26.4 Å². The quantitative estimate of drug-likeness (QED) is 0.708. The Morgan fingerprint density at radius 3 is 2.33 bits per heavy atom. The predicted octanol–water partition coefficient (Wildman–Crippen LogP) is 3.14. The monoisotopic (exact) mass is 423 g/mol. The van der Waals surface area contributed by atoms with Crippen molar-refractivity contribution in [1.29, 1.82) is 0 Å². The summed E-state index contributed by atoms with van der Waals surface area (Å²) in [5.41, 5.74) is 0.756. The average molecular weight is 424 g/mol. The molecule has 2 aliphatic rings. The van der Waals surface area contributed by atoms with Crippen molar-refractivity contribution in [2.75, 3.05) is 6.54 Å². The van der Waals surface area contributed by atoms with Crippen molar-refractivity contribution in [2.45, 2.75) is 22.6 Å². The molecule has 140 valence electrons. The lowest BCUT2D eigenvalue weighted by Gasteiger charge is -2.44. The molecule has 2 unspecified atom stereocenters. The Labute approximate surface area is 166 Å². The van der Waals surface area contributed by atoms with E-state index in [0.717, 1.165) is 5.56 Å². The van der Waals surface area contributed by atoms with Crippen LogP contribution >= 0.6 is 23.2 Å². The Hall–Kier alpha value is -1.89. The maximum atomic E-state index is 13.3. The lowest BCUT2D eigenvalue weighted by atomic mass is 9.93. The van der Waals surface area contributed by atoms with Gasteiger partial charge in [0.25, 0.3) is 0 Å². The highest BCUT2D eigenvalue weighted by atomic mass is 35.5. The number of carbonyl (C=O) groups is 2. The van der Waals surface area contributed by atoms with Gasteiger partial charge < -0.3 is 4.90 Å². The number of halogens is 2. The van der Waals surface area contributed by atoms with Crippen molar-refractivity contribution < 1.29 is 18.0 Å². The van der Waals surface area contributed by atoms with E-state index in [9.17, 15) is 18.0 Å². The van der Waals surface area contributed by atoms with Crippen molar-refractivity contribution >= 4 is 44.7 Å². The minimum Gasteiger partial charge on any atom is -0.315 e. The number of carbonyl (C=O) groups excluding carboxylic acids is 2. The smallest absolute Gasteiger partial charge is 0.228 e. The highest BCUT2D eigenvalue weighted by molar-refractivity contribution is 7.93. The van der Waals surface area contributed by atoms with Gasteiger partial charge in [-0.15, -0.1) is 0 Å². The van der Waals surface area contributed by atoms with E-state index in [1.54, 1.807) is 24.3 Å². The van der Waals surface area contributed by atoms with Crippen LogP contribution in [0.15, 0.2) is 53.4 Å². The summed E-state index contributed by atoms with van der Waals surface area (Å²) in [5.74, 6) is -1.39. The van der Waals surface area contributed by atoms with E-state index in [1.165, 1.54) is 29.2 Å². The van der Waals surface area contributed by atoms with Gasteiger partial charge in [0.1, 0.15) is 0 Å². The molecule has 2 atom stereocenters. The van der Waals surface area contributed by atoms with Gasteiger partial charge in [-0.1, -0.05) is 41.4 Å². The summed E-state index contributed by atoms with van der Waals surface area (Å²) >= 11 is 12.0. The summed E-state index contributed by atoms with van der Waals surface area (Å²) in [6, 6.07) is 12.7. The van der Waals surface area contributed by atoms with Crippen LogP contribution in [0.1, 0.15) is 12.0 Å². The van der Waals surface area contributed by atoms with Crippen LogP contribution in [0.4, 0.5) is 0 Å². The van der Waals surface area contributed by atoms with Crippen molar-refractivity contribution in [1.82, 2.24) is 4.90 Å². The summed E-state index contributed by atoms with van der Waals surface area (Å²) in [6.07, 6.45) is -0.0318. The Kier molecular flexibility index (Phi) is 4.33. The number of hydrogen-bond acceptors (Lipinski definition) is 4. The number of Topliss-reactive ketones (excluding diaryl/α,β-unsaturated/α-hetero) is 1. The van der Waals surface area contributed by atoms with E-state index in [0.29, 0.717) is 16.5 Å². The Bertz CT molecular complexity index is 1050. The van der Waals surface area contributed by atoms with Gasteiger partial charge in [0, 0.05) is 22.5 Å². The number of amides is 1. The molecule has 1 amide bonds. The molecule has 27 heavy (non-hydrogen) atoms. The number of fused-ring (bicyclic) bond motifs is 1. The molecule has 4 rings (SSSR count). The van der Waals surface area contributed by atoms with Gasteiger partial charge in [-0.2, -0.15) is 0 Å². The molecule has 2 heterocycles. The first kappa shape index (κ1) is 18.5. The van der Waals surface area contributed by atoms with Gasteiger partial charge in [-0.25, -0.2) is 8.42 Å². The van der Waals surface area contributed by atoms with Gasteiger partial charge in [-0.05, 0) is 42.3 Å². The van der Waals surface area contributed by atoms with Crippen LogP contribution in [0, 0.1) is 5.92 Å². The lowest BCUT2D eigenvalue weighted by molar-refractivity contribution is -0.150. The molecule has 2 aromatic rings. The highest BCUT2D eigenvalue weighted by Gasteiger charge is 2.70. The normalized spacial score (nSPS) is 24.7. The minimum absolute atomic E-state index is 0.0175. The first-order valence-corrected chi connectivity index (χ1v) is 10.6. The fourth-order valence-corrected chi connectivity index (χ4v) is 6.30. The maximum absolute atomic E-state index is 13.3. The molecule has 2 fully saturated rings. The van der Waals surface area contributed by atoms with E-state index in [2.05, 4.69) is 0 Å². The van der Waals surface area contributed by atoms with Gasteiger partial charge in [0.15, 0.2) is 5.78 Å². The third-order valence-corrected chi connectivity index (χ3v) is 8.25. The van der Waals surface area contributed by atoms with Crippen LogP contribution in [-0.2, 0) is 25.8 Å². The predicted molar refractivity (Wildman–Crippen MR) is 101 cm³/mol. The second-order valence-corrected chi connectivity index (χ2v) is 9.78. The fraction of sp³-hybridized carbons (Fsp3) is 0.263. The lowest BCUT2D eigenvalue weighted by Crippen LogP contribution is -2.67. The molecule has 0 bridgehead atoms. The summed E-state index contributed by atoms with van der Waals surface area (Å²) in [6.45, 7) is 0.0791. The number of benzene rings is 2. The molecule has 0 spiro atoms. The second-order valence-electron chi connectivity index (χ2n) is 6.78. The molecule has 0 radical (unpaired) electrons. The molecule has 8 heteroatoms. The van der Waals surface area contributed by atoms with Crippen LogP contribution in [0.5, 0.6) is 0 Å². The average Bonchev–Trinajstić information content (AvgIpc) is 2.86. The summed E-state index contributed by atoms with van der Waals surface area (Å²) in [7, 11) is -4.07. The molecule has 0 saturated carbocycles. The first-order valence-electron chi connectivity index (χ1n) is 8.36. The third-order valence-electron chi connectivity index (χ3n) is 5.28. The number of hydrogen-bond donors (Lipinski definition) is 0. The van der Waals surface area contributed by atoms with E-state index in [4.69, 9.17) is 23.2 Å². The van der Waals surface area contributed by atoms with Crippen LogP contribution in [0.3, 0.4) is 0 Å². The molecule has 0 aliphatic carbocycles. The Morgan fingerprint density at radius 2 is 1.70 bits per heavy atom. The van der Waals surface area contributed by atoms with Crippen LogP contribution in [0.25, 0.3) is 0 Å². The number of sulfone groups is 1. The summed E-state index contributed by atoms with van der Waals surface area (Å²) in [4.78, 5) is 24.7. The van der Waals surface area contributed by atoms with Crippen molar-refractivity contribution in [3.05, 3.63) is 64.1 Å². The molecular formula is C19H15Cl2NO4S. The first-order chi connectivity index (χ1) is 12.8. The van der Waals surface area contributed by atoms with Crippen LogP contribution in [0.2, 0.25) is 10.0 Å². The maximum Gasteiger partial charge on any atom is 0.228 e. The molecule has 2 aromatic carbocycles. The SMILES string of the molecule is O=C1CC2(S(=O)(=O)c3ccc(Cl)cc3)C(=O)C(Cc3ccccc3Cl)CN12. The van der Waals surface area contributed by atoms with E-state index in [-0.39, 0.29) is 23.8 Å². The number of β-lactam (4-membered cyclic amide) rings is 1. The highest BCUT2D eigenvalue weighted by Crippen LogP contribution is 2.48. The molecular weight excluding hydrogens is 409 g/mol. The Balaban J connectivity index is 1.72. The number of rotatable bonds is 4. The zero-order valence-electron chi connectivity index (χ0n) is 14.1. The van der Waals surface area contributed by atoms with Crippen LogP contribution < -0.4 is 0 Å². The minimum atomic E-state index is -4.07. The molecule has 0 N–H and O–H groups in total. The topological polar surface area (TPSA) is 71.5 Å². The molecule has 5 nitrogen and oxygen atoms in total. The zero-order valence-corrected chi connectivity index (χ0v) is 16.4. The Morgan fingerprint density at radius 1 is 1.04 bits per heavy atom. The van der Waals surface area contributed by atoms with Crippen molar-refractivity contribution in [2.24, 2.45) is 5.92 Å². The second kappa shape index (κ2) is 6.33. The summed E-state index contributed by atoms with van der Waals surface area (Å²) < 4.78 is 26.5. The van der Waals surface area contributed by atoms with Crippen molar-refractivity contribution in [3.8, 4) is 0 Å². The third kappa shape index (κ3) is 2.62.